The minimum atomic E-state index is -0.736. The van der Waals surface area contributed by atoms with Crippen molar-refractivity contribution < 1.29 is 7.58 Å². The van der Waals surface area contributed by atoms with Crippen LogP contribution >= 0.6 is 0 Å². The maximum absolute atomic E-state index is 6.73. The van der Waals surface area contributed by atoms with Crippen molar-refractivity contribution in [3.05, 3.63) is 57.6 Å². The second kappa shape index (κ2) is 11.4. The van der Waals surface area contributed by atoms with Gasteiger partial charge in [-0.1, -0.05) is 127 Å². The van der Waals surface area contributed by atoms with Gasteiger partial charge in [0.25, 0.3) is 0 Å². The predicted molar refractivity (Wildman–Crippen MR) is 163 cm³/mol. The van der Waals surface area contributed by atoms with Gasteiger partial charge in [-0.3, -0.25) is 0 Å². The highest BCUT2D eigenvalue weighted by atomic mass is 27.2. The highest BCUT2D eigenvalue weighted by molar-refractivity contribution is 6.21. The van der Waals surface area contributed by atoms with Crippen LogP contribution in [-0.2, 0) is 28.1 Å². The van der Waals surface area contributed by atoms with Gasteiger partial charge in [0, 0.05) is 0 Å². The molecule has 0 unspecified atom stereocenters. The molecule has 0 heterocycles. The Hall–Kier alpha value is -1.43. The summed E-state index contributed by atoms with van der Waals surface area (Å²) in [6.45, 7) is 34.1. The molecule has 0 aromatic heterocycles. The normalized spacial score (nSPS) is 13.2. The molecule has 0 saturated heterocycles. The van der Waals surface area contributed by atoms with Gasteiger partial charge >= 0.3 is 15.9 Å². The third-order valence-corrected chi connectivity index (χ3v) is 7.62. The van der Waals surface area contributed by atoms with Gasteiger partial charge in [-0.25, -0.2) is 0 Å². The summed E-state index contributed by atoms with van der Waals surface area (Å²) in [5.74, 6) is 2.71. The number of rotatable bonds is 7. The lowest BCUT2D eigenvalue weighted by atomic mass is 9.78. The van der Waals surface area contributed by atoms with E-state index in [-0.39, 0.29) is 21.7 Å². The largest absolute Gasteiger partial charge is 0.881 e. The van der Waals surface area contributed by atoms with Gasteiger partial charge in [0.1, 0.15) is 0 Å². The second-order valence-corrected chi connectivity index (χ2v) is 16.1. The summed E-state index contributed by atoms with van der Waals surface area (Å²) in [7, 11) is 0. The molecule has 0 spiro atoms. The summed E-state index contributed by atoms with van der Waals surface area (Å²) in [6.07, 6.45) is 2.29. The Bertz CT molecular complexity index is 997. The molecule has 0 N–H and O–H groups in total. The predicted octanol–water partition coefficient (Wildman–Crippen LogP) is 9.77. The third kappa shape index (κ3) is 8.53. The van der Waals surface area contributed by atoms with Crippen molar-refractivity contribution in [2.75, 3.05) is 0 Å². The smallest absolute Gasteiger partial charge is 0.615 e. The van der Waals surface area contributed by atoms with Crippen LogP contribution in [0.15, 0.2) is 24.3 Å². The minimum Gasteiger partial charge on any atom is -0.615 e. The van der Waals surface area contributed by atoms with Gasteiger partial charge in [-0.2, -0.15) is 0 Å². The van der Waals surface area contributed by atoms with Gasteiger partial charge in [-0.15, -0.1) is 0 Å². The van der Waals surface area contributed by atoms with Crippen molar-refractivity contribution in [2.24, 2.45) is 5.92 Å². The third-order valence-electron chi connectivity index (χ3n) is 6.96. The molecule has 1 radical (unpaired) electrons. The molecule has 0 saturated carbocycles. The van der Waals surface area contributed by atoms with Crippen molar-refractivity contribution in [1.82, 2.24) is 0 Å². The summed E-state index contributed by atoms with van der Waals surface area (Å²) in [5, 5.41) is 0. The minimum absolute atomic E-state index is 0.0218. The number of benzene rings is 2. The zero-order chi connectivity index (χ0) is 28.6. The van der Waals surface area contributed by atoms with Crippen molar-refractivity contribution in [2.45, 2.75) is 138 Å². The van der Waals surface area contributed by atoms with Crippen molar-refractivity contribution in [3.8, 4) is 11.5 Å². The fourth-order valence-electron chi connectivity index (χ4n) is 4.66. The first kappa shape index (κ1) is 31.8. The van der Waals surface area contributed by atoms with Gasteiger partial charge in [0.2, 0.25) is 0 Å². The summed E-state index contributed by atoms with van der Waals surface area (Å²) in [4.78, 5) is 0. The van der Waals surface area contributed by atoms with Gasteiger partial charge < -0.3 is 7.58 Å². The lowest BCUT2D eigenvalue weighted by Gasteiger charge is -2.33. The lowest BCUT2D eigenvalue weighted by Crippen LogP contribution is -2.25. The maximum atomic E-state index is 6.73. The van der Waals surface area contributed by atoms with Crippen LogP contribution in [0.3, 0.4) is 0 Å². The van der Waals surface area contributed by atoms with E-state index in [1.54, 1.807) is 0 Å². The van der Waals surface area contributed by atoms with Crippen LogP contribution in [0.4, 0.5) is 0 Å². The van der Waals surface area contributed by atoms with E-state index >= 15 is 0 Å². The zero-order valence-electron chi connectivity index (χ0n) is 26.7. The van der Waals surface area contributed by atoms with E-state index < -0.39 is 15.9 Å². The molecule has 3 heteroatoms. The van der Waals surface area contributed by atoms with E-state index in [4.69, 9.17) is 7.58 Å². The summed E-state index contributed by atoms with van der Waals surface area (Å²) >= 11 is -0.736. The second-order valence-electron chi connectivity index (χ2n) is 15.5. The lowest BCUT2D eigenvalue weighted by molar-refractivity contribution is 0.413. The Balaban J connectivity index is 2.58. The molecule has 2 aromatic rings. The molecule has 2 rings (SSSR count). The van der Waals surface area contributed by atoms with Crippen molar-refractivity contribution in [1.29, 1.82) is 0 Å². The molecule has 0 fully saturated rings. The van der Waals surface area contributed by atoms with E-state index in [9.17, 15) is 0 Å². The Morgan fingerprint density at radius 2 is 0.919 bits per heavy atom. The molecular weight excluding hydrogens is 467 g/mol. The molecule has 2 nitrogen and oxygen atoms in total. The van der Waals surface area contributed by atoms with E-state index in [2.05, 4.69) is 128 Å². The molecule has 0 atom stereocenters. The Labute approximate surface area is 236 Å². The number of hydrogen-bond acceptors (Lipinski definition) is 2. The molecule has 205 valence electrons. The maximum Gasteiger partial charge on any atom is 0.881 e. The molecule has 2 aromatic carbocycles. The summed E-state index contributed by atoms with van der Waals surface area (Å²) < 4.78 is 13.4. The van der Waals surface area contributed by atoms with Gasteiger partial charge in [0.05, 0.1) is 11.5 Å². The van der Waals surface area contributed by atoms with Crippen LogP contribution in [0.5, 0.6) is 11.5 Å². The van der Waals surface area contributed by atoms with Crippen molar-refractivity contribution >= 4 is 15.9 Å². The first-order chi connectivity index (χ1) is 16.6. The van der Waals surface area contributed by atoms with Crippen LogP contribution in [0.2, 0.25) is 0 Å². The monoisotopic (exact) mass is 521 g/mol. The van der Waals surface area contributed by atoms with Crippen LogP contribution in [0.1, 0.15) is 137 Å². The molecule has 0 aliphatic rings. The Kier molecular flexibility index (Phi) is 9.76. The number of hydrogen-bond donors (Lipinski definition) is 0. The molecule has 0 aliphatic heterocycles. The van der Waals surface area contributed by atoms with E-state index in [1.807, 2.05) is 0 Å². The summed E-state index contributed by atoms with van der Waals surface area (Å²) in [6, 6.07) is 9.35. The van der Waals surface area contributed by atoms with Crippen LogP contribution in [0.25, 0.3) is 0 Å². The fourth-order valence-corrected chi connectivity index (χ4v) is 5.41. The van der Waals surface area contributed by atoms with Gasteiger partial charge in [0.15, 0.2) is 0 Å². The number of aryl methyl sites for hydroxylation is 2. The average molecular weight is 522 g/mol. The molecule has 37 heavy (non-hydrogen) atoms. The molecule has 0 bridgehead atoms. The van der Waals surface area contributed by atoms with Crippen LogP contribution in [0, 0.1) is 12.8 Å². The van der Waals surface area contributed by atoms with Crippen LogP contribution in [-0.4, -0.2) is 15.9 Å². The molecule has 0 aliphatic carbocycles. The SMILES string of the molecule is Cc1cc(C(C)(C)C)c([O][Al][O]c2c(C(C)(C)C)cc(CCC(C)C)cc2C(C)(C)C)c(C(C)(C)C)c1. The van der Waals surface area contributed by atoms with E-state index in [1.165, 1.54) is 39.8 Å². The Morgan fingerprint density at radius 1 is 0.595 bits per heavy atom. The Morgan fingerprint density at radius 3 is 1.22 bits per heavy atom. The zero-order valence-corrected chi connectivity index (χ0v) is 27.8. The highest BCUT2D eigenvalue weighted by Crippen LogP contribution is 2.43. The van der Waals surface area contributed by atoms with E-state index in [0.717, 1.165) is 17.9 Å². The first-order valence-electron chi connectivity index (χ1n) is 14.1. The van der Waals surface area contributed by atoms with E-state index in [0.29, 0.717) is 5.92 Å². The topological polar surface area (TPSA) is 18.5 Å². The fraction of sp³-hybridized carbons (Fsp3) is 0.647. The average Bonchev–Trinajstić information content (AvgIpc) is 2.70. The quantitative estimate of drug-likeness (QED) is 0.338. The highest BCUT2D eigenvalue weighted by Gasteiger charge is 2.31. The van der Waals surface area contributed by atoms with Gasteiger partial charge in [-0.05, 0) is 75.2 Å². The summed E-state index contributed by atoms with van der Waals surface area (Å²) in [5.41, 5.74) is 7.67. The first-order valence-corrected chi connectivity index (χ1v) is 15.0. The molecule has 0 amide bonds. The standard InChI is InChI=1S/C19H32O.C15H24O.Al/c1-13(2)9-10-14-11-15(18(3,4)5)17(20)16(12-14)19(6,7)8;1-10-8-11(14(2,3)4)13(16)12(9-10)15(5,6)7;/h11-13,20H,9-10H2,1-8H3;8-9,16H,1-7H3;/q;;+2/p-2. The molecular formula is C34H54AlO2. The van der Waals surface area contributed by atoms with Crippen molar-refractivity contribution in [3.63, 3.8) is 0 Å². The van der Waals surface area contributed by atoms with Crippen LogP contribution < -0.4 is 7.58 Å².